The van der Waals surface area contributed by atoms with Crippen LogP contribution < -0.4 is 0 Å². The van der Waals surface area contributed by atoms with Gasteiger partial charge < -0.3 is 9.80 Å². The van der Waals surface area contributed by atoms with Crippen molar-refractivity contribution in [3.63, 3.8) is 0 Å². The highest BCUT2D eigenvalue weighted by atomic mass is 32.1. The summed E-state index contributed by atoms with van der Waals surface area (Å²) in [5, 5.41) is 12.8. The molecular weight excluding hydrogens is 481 g/mol. The van der Waals surface area contributed by atoms with E-state index in [-0.39, 0.29) is 35.9 Å². The van der Waals surface area contributed by atoms with Gasteiger partial charge in [0.15, 0.2) is 0 Å². The van der Waals surface area contributed by atoms with Gasteiger partial charge in [0.05, 0.1) is 11.5 Å². The molecule has 4 rings (SSSR count). The second-order valence-electron chi connectivity index (χ2n) is 8.78. The Kier molecular flexibility index (Phi) is 7.90. The molecule has 1 aliphatic carbocycles. The highest BCUT2D eigenvalue weighted by Crippen LogP contribution is 2.28. The van der Waals surface area contributed by atoms with Gasteiger partial charge in [0.25, 0.3) is 5.69 Å². The molecule has 36 heavy (non-hydrogen) atoms. The van der Waals surface area contributed by atoms with Crippen LogP contribution in [0.15, 0.2) is 66.1 Å². The summed E-state index contributed by atoms with van der Waals surface area (Å²) < 4.78 is 13.4. The highest BCUT2D eigenvalue weighted by Gasteiger charge is 2.34. The van der Waals surface area contributed by atoms with E-state index in [0.29, 0.717) is 18.7 Å². The molecule has 2 amide bonds. The Morgan fingerprint density at radius 3 is 2.36 bits per heavy atom. The van der Waals surface area contributed by atoms with Gasteiger partial charge in [-0.15, -0.1) is 11.3 Å². The van der Waals surface area contributed by atoms with E-state index in [1.54, 1.807) is 51.5 Å². The van der Waals surface area contributed by atoms with Crippen LogP contribution in [-0.2, 0) is 22.7 Å². The Morgan fingerprint density at radius 2 is 1.78 bits per heavy atom. The number of carbonyl (C=O) groups excluding carboxylic acids is 2. The van der Waals surface area contributed by atoms with Crippen LogP contribution in [0.2, 0.25) is 0 Å². The maximum atomic E-state index is 13.4. The van der Waals surface area contributed by atoms with Gasteiger partial charge in [-0.1, -0.05) is 12.1 Å². The average Bonchev–Trinajstić information content (AvgIpc) is 3.63. The Hall–Kier alpha value is -3.85. The SMILES string of the molecule is Cc1ccsc1CN(Cc1ccc(F)cc1)C(=O)CN(C(=O)C=Cc1ccc([N+](=O)[O-])cc1)C1CC1. The summed E-state index contributed by atoms with van der Waals surface area (Å²) in [7, 11) is 0. The number of non-ortho nitro benzene ring substituents is 1. The Labute approximate surface area is 212 Å². The number of hydrogen-bond donors (Lipinski definition) is 0. The van der Waals surface area contributed by atoms with Crippen LogP contribution >= 0.6 is 11.3 Å². The lowest BCUT2D eigenvalue weighted by atomic mass is 10.2. The summed E-state index contributed by atoms with van der Waals surface area (Å²) in [6, 6.07) is 14.0. The predicted molar refractivity (Wildman–Crippen MR) is 137 cm³/mol. The van der Waals surface area contributed by atoms with Crippen molar-refractivity contribution in [2.75, 3.05) is 6.54 Å². The van der Waals surface area contributed by atoms with Gasteiger partial charge in [0, 0.05) is 35.7 Å². The Balaban J connectivity index is 1.48. The molecule has 1 heterocycles. The van der Waals surface area contributed by atoms with E-state index in [2.05, 4.69) is 0 Å². The third kappa shape index (κ3) is 6.63. The first kappa shape index (κ1) is 25.2. The second-order valence-corrected chi connectivity index (χ2v) is 9.78. The molecule has 1 aliphatic rings. The number of halogens is 1. The number of benzene rings is 2. The van der Waals surface area contributed by atoms with Gasteiger partial charge in [-0.25, -0.2) is 4.39 Å². The van der Waals surface area contributed by atoms with E-state index in [1.807, 2.05) is 18.4 Å². The van der Waals surface area contributed by atoms with Crippen LogP contribution in [0.4, 0.5) is 10.1 Å². The molecule has 0 aliphatic heterocycles. The lowest BCUT2D eigenvalue weighted by Gasteiger charge is -2.27. The predicted octanol–water partition coefficient (Wildman–Crippen LogP) is 5.34. The van der Waals surface area contributed by atoms with Crippen LogP contribution in [0.3, 0.4) is 0 Å². The molecule has 3 aromatic rings. The Bertz CT molecular complexity index is 1270. The van der Waals surface area contributed by atoms with Crippen LogP contribution in [0, 0.1) is 22.9 Å². The second kappa shape index (κ2) is 11.3. The van der Waals surface area contributed by atoms with Crippen LogP contribution in [0.25, 0.3) is 6.08 Å². The molecule has 1 fully saturated rings. The summed E-state index contributed by atoms with van der Waals surface area (Å²) in [4.78, 5) is 41.2. The Morgan fingerprint density at radius 1 is 1.08 bits per heavy atom. The smallest absolute Gasteiger partial charge is 0.269 e. The normalized spacial score (nSPS) is 13.1. The van der Waals surface area contributed by atoms with Crippen LogP contribution in [0.1, 0.15) is 34.4 Å². The minimum absolute atomic E-state index is 0.0131. The van der Waals surface area contributed by atoms with Crippen molar-refractivity contribution in [3.8, 4) is 0 Å². The van der Waals surface area contributed by atoms with Crippen molar-refractivity contribution in [3.05, 3.63) is 104 Å². The van der Waals surface area contributed by atoms with E-state index >= 15 is 0 Å². The number of thiophene rings is 1. The maximum absolute atomic E-state index is 13.4. The quantitative estimate of drug-likeness (QED) is 0.211. The number of hydrogen-bond acceptors (Lipinski definition) is 5. The number of rotatable bonds is 10. The monoisotopic (exact) mass is 507 g/mol. The molecule has 0 N–H and O–H groups in total. The lowest BCUT2D eigenvalue weighted by Crippen LogP contribution is -2.43. The molecule has 0 atom stereocenters. The fourth-order valence-electron chi connectivity index (χ4n) is 3.77. The summed E-state index contributed by atoms with van der Waals surface area (Å²) >= 11 is 1.57. The van der Waals surface area contributed by atoms with E-state index in [0.717, 1.165) is 28.8 Å². The first-order valence-electron chi connectivity index (χ1n) is 11.6. The molecule has 9 heteroatoms. The van der Waals surface area contributed by atoms with Gasteiger partial charge in [0.1, 0.15) is 12.4 Å². The van der Waals surface area contributed by atoms with Crippen molar-refractivity contribution in [1.82, 2.24) is 9.80 Å². The third-order valence-electron chi connectivity index (χ3n) is 6.04. The van der Waals surface area contributed by atoms with Gasteiger partial charge in [0.2, 0.25) is 11.8 Å². The molecule has 1 saturated carbocycles. The van der Waals surface area contributed by atoms with E-state index in [9.17, 15) is 24.1 Å². The fraction of sp³-hybridized carbons (Fsp3) is 0.259. The maximum Gasteiger partial charge on any atom is 0.269 e. The zero-order chi connectivity index (χ0) is 25.7. The fourth-order valence-corrected chi connectivity index (χ4v) is 4.69. The summed E-state index contributed by atoms with van der Waals surface area (Å²) in [5.41, 5.74) is 2.53. The molecule has 2 aromatic carbocycles. The van der Waals surface area contributed by atoms with Crippen molar-refractivity contribution >= 4 is 34.9 Å². The average molecular weight is 508 g/mol. The summed E-state index contributed by atoms with van der Waals surface area (Å²) in [6.07, 6.45) is 4.68. The minimum Gasteiger partial charge on any atom is -0.332 e. The van der Waals surface area contributed by atoms with E-state index in [4.69, 9.17) is 0 Å². The first-order valence-corrected chi connectivity index (χ1v) is 12.5. The molecule has 0 bridgehead atoms. The lowest BCUT2D eigenvalue weighted by molar-refractivity contribution is -0.384. The van der Waals surface area contributed by atoms with Crippen molar-refractivity contribution in [1.29, 1.82) is 0 Å². The number of aryl methyl sites for hydroxylation is 1. The zero-order valence-electron chi connectivity index (χ0n) is 19.8. The molecule has 0 saturated heterocycles. The number of carbonyl (C=O) groups is 2. The minimum atomic E-state index is -0.478. The topological polar surface area (TPSA) is 83.8 Å². The third-order valence-corrected chi connectivity index (χ3v) is 7.05. The number of nitrogens with zero attached hydrogens (tertiary/aromatic N) is 3. The number of amides is 2. The highest BCUT2D eigenvalue weighted by molar-refractivity contribution is 7.10. The first-order chi connectivity index (χ1) is 17.3. The molecule has 186 valence electrons. The number of nitro groups is 1. The van der Waals surface area contributed by atoms with Crippen LogP contribution in [-0.4, -0.2) is 39.1 Å². The molecule has 0 unspecified atom stereocenters. The van der Waals surface area contributed by atoms with Crippen LogP contribution in [0.5, 0.6) is 0 Å². The van der Waals surface area contributed by atoms with Gasteiger partial charge in [-0.3, -0.25) is 19.7 Å². The molecular formula is C27H26FN3O4S. The molecule has 1 aromatic heterocycles. The molecule has 7 nitrogen and oxygen atoms in total. The molecule has 0 radical (unpaired) electrons. The zero-order valence-corrected chi connectivity index (χ0v) is 20.6. The summed E-state index contributed by atoms with van der Waals surface area (Å²) in [5.74, 6) is -0.801. The molecule has 0 spiro atoms. The van der Waals surface area contributed by atoms with E-state index in [1.165, 1.54) is 30.3 Å². The van der Waals surface area contributed by atoms with Crippen molar-refractivity contribution < 1.29 is 18.9 Å². The summed E-state index contributed by atoms with van der Waals surface area (Å²) in [6.45, 7) is 2.65. The largest absolute Gasteiger partial charge is 0.332 e. The van der Waals surface area contributed by atoms with Gasteiger partial charge in [-0.05, 0) is 78.2 Å². The van der Waals surface area contributed by atoms with E-state index < -0.39 is 4.92 Å². The van der Waals surface area contributed by atoms with Crippen molar-refractivity contribution in [2.24, 2.45) is 0 Å². The standard InChI is InChI=1S/C27H26FN3O4S/c1-19-14-15-36-25(19)17-29(16-21-2-7-22(28)8-3-21)27(33)18-30(23-11-12-23)26(32)13-6-20-4-9-24(10-5-20)31(34)35/h2-10,13-15,23H,11-12,16-18H2,1H3. The number of nitro benzene ring substituents is 1. The van der Waals surface area contributed by atoms with Gasteiger partial charge >= 0.3 is 0 Å². The van der Waals surface area contributed by atoms with Gasteiger partial charge in [-0.2, -0.15) is 0 Å². The van der Waals surface area contributed by atoms with Crippen molar-refractivity contribution in [2.45, 2.75) is 38.9 Å².